The Hall–Kier alpha value is -2.27. The summed E-state index contributed by atoms with van der Waals surface area (Å²) in [7, 11) is 3.64. The molecule has 0 saturated heterocycles. The average Bonchev–Trinajstić information content (AvgIpc) is 2.36. The smallest absolute Gasteiger partial charge is 0.257 e. The van der Waals surface area contributed by atoms with Gasteiger partial charge in [-0.15, -0.1) is 0 Å². The number of halogens is 2. The third kappa shape index (κ3) is 3.64. The molecule has 0 aliphatic carbocycles. The van der Waals surface area contributed by atoms with Crippen molar-refractivity contribution in [1.29, 1.82) is 0 Å². The Balaban J connectivity index is 2.34. The predicted octanol–water partition coefficient (Wildman–Crippen LogP) is 3.38. The molecule has 0 spiro atoms. The van der Waals surface area contributed by atoms with E-state index in [1.807, 2.05) is 14.1 Å². The number of amides is 1. The van der Waals surface area contributed by atoms with Crippen molar-refractivity contribution in [2.24, 2.45) is 0 Å². The summed E-state index contributed by atoms with van der Waals surface area (Å²) in [6.07, 6.45) is 0. The molecule has 0 saturated carbocycles. The summed E-state index contributed by atoms with van der Waals surface area (Å²) in [6, 6.07) is 8.89. The number of nitrogens with zero attached hydrogens (tertiary/aromatic N) is 1. The third-order valence-electron chi connectivity index (χ3n) is 2.87. The summed E-state index contributed by atoms with van der Waals surface area (Å²) in [6.45, 7) is 0. The number of hydrogen-bond donors (Lipinski definition) is 2. The van der Waals surface area contributed by atoms with Crippen LogP contribution in [0.4, 0.5) is 21.5 Å². The van der Waals surface area contributed by atoms with Crippen LogP contribution in [0.1, 0.15) is 10.4 Å². The number of carbonyl (C=O) groups excluding carboxylic acids is 1. The first-order chi connectivity index (χ1) is 9.86. The fraction of sp³-hybridized carbons (Fsp3) is 0.133. The Kier molecular flexibility index (Phi) is 4.33. The van der Waals surface area contributed by atoms with Gasteiger partial charge in [-0.2, -0.15) is 0 Å². The van der Waals surface area contributed by atoms with Crippen molar-refractivity contribution in [2.75, 3.05) is 30.0 Å². The molecule has 4 nitrogen and oxygen atoms in total. The van der Waals surface area contributed by atoms with Gasteiger partial charge in [0, 0.05) is 36.2 Å². The summed E-state index contributed by atoms with van der Waals surface area (Å²) in [4.78, 5) is 14.2. The molecule has 110 valence electrons. The molecule has 2 aromatic carbocycles. The van der Waals surface area contributed by atoms with Crippen molar-refractivity contribution >= 4 is 34.6 Å². The molecule has 0 aromatic heterocycles. The summed E-state index contributed by atoms with van der Waals surface area (Å²) < 4.78 is 13.3. The standard InChI is InChI=1S/C15H15ClFN3O/c1-20(2)14-4-3-11(18)8-13(14)15(21)19-12-6-9(16)5-10(17)7-12/h3-8H,18H2,1-2H3,(H,19,21). The predicted molar refractivity (Wildman–Crippen MR) is 84.5 cm³/mol. The zero-order chi connectivity index (χ0) is 15.6. The van der Waals surface area contributed by atoms with Crippen LogP contribution in [0.2, 0.25) is 5.02 Å². The highest BCUT2D eigenvalue weighted by Gasteiger charge is 2.14. The molecule has 0 unspecified atom stereocenters. The topological polar surface area (TPSA) is 58.4 Å². The highest BCUT2D eigenvalue weighted by Crippen LogP contribution is 2.24. The first kappa shape index (κ1) is 15.1. The number of anilines is 3. The van der Waals surface area contributed by atoms with Crippen LogP contribution in [0.3, 0.4) is 0 Å². The maximum absolute atomic E-state index is 13.3. The van der Waals surface area contributed by atoms with Gasteiger partial charge in [-0.25, -0.2) is 4.39 Å². The molecule has 2 rings (SSSR count). The van der Waals surface area contributed by atoms with Gasteiger partial charge in [-0.1, -0.05) is 11.6 Å². The molecule has 1 amide bonds. The first-order valence-electron chi connectivity index (χ1n) is 6.21. The van der Waals surface area contributed by atoms with E-state index in [0.29, 0.717) is 16.9 Å². The molecule has 0 fully saturated rings. The van der Waals surface area contributed by atoms with Crippen LogP contribution in [-0.4, -0.2) is 20.0 Å². The van der Waals surface area contributed by atoms with E-state index in [1.165, 1.54) is 18.2 Å². The molecule has 21 heavy (non-hydrogen) atoms. The third-order valence-corrected chi connectivity index (χ3v) is 3.09. The Morgan fingerprint density at radius 2 is 1.95 bits per heavy atom. The number of benzene rings is 2. The van der Waals surface area contributed by atoms with Crippen LogP contribution in [0.5, 0.6) is 0 Å². The van der Waals surface area contributed by atoms with E-state index in [4.69, 9.17) is 17.3 Å². The zero-order valence-electron chi connectivity index (χ0n) is 11.7. The Labute approximate surface area is 127 Å². The number of hydrogen-bond acceptors (Lipinski definition) is 3. The normalized spacial score (nSPS) is 10.3. The molecular weight excluding hydrogens is 293 g/mol. The summed E-state index contributed by atoms with van der Waals surface area (Å²) >= 11 is 5.77. The van der Waals surface area contributed by atoms with Gasteiger partial charge in [0.05, 0.1) is 5.56 Å². The maximum atomic E-state index is 13.3. The lowest BCUT2D eigenvalue weighted by atomic mass is 10.1. The molecule has 0 radical (unpaired) electrons. The fourth-order valence-electron chi connectivity index (χ4n) is 1.95. The lowest BCUT2D eigenvalue weighted by Crippen LogP contribution is -2.19. The van der Waals surface area contributed by atoms with E-state index in [9.17, 15) is 9.18 Å². The van der Waals surface area contributed by atoms with Gasteiger partial charge in [0.15, 0.2) is 0 Å². The van der Waals surface area contributed by atoms with E-state index in [2.05, 4.69) is 5.32 Å². The van der Waals surface area contributed by atoms with Crippen molar-refractivity contribution in [1.82, 2.24) is 0 Å². The number of nitrogens with one attached hydrogen (secondary N) is 1. The van der Waals surface area contributed by atoms with Gasteiger partial charge in [-0.05, 0) is 36.4 Å². The van der Waals surface area contributed by atoms with Crippen LogP contribution in [0.25, 0.3) is 0 Å². The minimum atomic E-state index is -0.516. The molecular formula is C15H15ClFN3O. The van der Waals surface area contributed by atoms with E-state index in [0.717, 1.165) is 0 Å². The van der Waals surface area contributed by atoms with Crippen molar-refractivity contribution < 1.29 is 9.18 Å². The zero-order valence-corrected chi connectivity index (χ0v) is 12.4. The Morgan fingerprint density at radius 3 is 2.57 bits per heavy atom. The highest BCUT2D eigenvalue weighted by molar-refractivity contribution is 6.31. The molecule has 2 aromatic rings. The van der Waals surface area contributed by atoms with Crippen molar-refractivity contribution in [2.45, 2.75) is 0 Å². The van der Waals surface area contributed by atoms with Crippen molar-refractivity contribution in [3.63, 3.8) is 0 Å². The van der Waals surface area contributed by atoms with Gasteiger partial charge in [0.2, 0.25) is 0 Å². The molecule has 0 atom stereocenters. The van der Waals surface area contributed by atoms with Gasteiger partial charge in [0.25, 0.3) is 5.91 Å². The largest absolute Gasteiger partial charge is 0.399 e. The molecule has 0 bridgehead atoms. The Bertz CT molecular complexity index is 668. The Morgan fingerprint density at radius 1 is 1.24 bits per heavy atom. The number of nitrogens with two attached hydrogens (primary N) is 1. The van der Waals surface area contributed by atoms with Gasteiger partial charge in [-0.3, -0.25) is 4.79 Å². The average molecular weight is 308 g/mol. The second-order valence-corrected chi connectivity index (χ2v) is 5.22. The van der Waals surface area contributed by atoms with Crippen molar-refractivity contribution in [3.8, 4) is 0 Å². The van der Waals surface area contributed by atoms with Crippen LogP contribution < -0.4 is 16.0 Å². The lowest BCUT2D eigenvalue weighted by molar-refractivity contribution is 0.102. The van der Waals surface area contributed by atoms with Crippen LogP contribution in [-0.2, 0) is 0 Å². The first-order valence-corrected chi connectivity index (χ1v) is 6.59. The van der Waals surface area contributed by atoms with E-state index in [1.54, 1.807) is 23.1 Å². The van der Waals surface area contributed by atoms with Crippen molar-refractivity contribution in [3.05, 3.63) is 52.8 Å². The molecule has 0 aliphatic heterocycles. The molecule has 0 heterocycles. The maximum Gasteiger partial charge on any atom is 0.257 e. The fourth-order valence-corrected chi connectivity index (χ4v) is 2.17. The number of carbonyl (C=O) groups is 1. The van der Waals surface area contributed by atoms with Crippen LogP contribution >= 0.6 is 11.6 Å². The minimum Gasteiger partial charge on any atom is -0.399 e. The molecule has 0 aliphatic rings. The van der Waals surface area contributed by atoms with Gasteiger partial charge >= 0.3 is 0 Å². The monoisotopic (exact) mass is 307 g/mol. The summed E-state index contributed by atoms with van der Waals surface area (Å²) in [5, 5.41) is 2.83. The van der Waals surface area contributed by atoms with Gasteiger partial charge in [0.1, 0.15) is 5.82 Å². The summed E-state index contributed by atoms with van der Waals surface area (Å²) in [5.74, 6) is -0.897. The minimum absolute atomic E-state index is 0.214. The second kappa shape index (κ2) is 6.01. The second-order valence-electron chi connectivity index (χ2n) is 4.78. The molecule has 6 heteroatoms. The van der Waals surface area contributed by atoms with E-state index < -0.39 is 5.82 Å². The number of nitrogen functional groups attached to an aromatic ring is 1. The van der Waals surface area contributed by atoms with Gasteiger partial charge < -0.3 is 16.0 Å². The lowest BCUT2D eigenvalue weighted by Gasteiger charge is -2.17. The van der Waals surface area contributed by atoms with Crippen LogP contribution in [0, 0.1) is 5.82 Å². The highest BCUT2D eigenvalue weighted by atomic mass is 35.5. The SMILES string of the molecule is CN(C)c1ccc(N)cc1C(=O)Nc1cc(F)cc(Cl)c1. The van der Waals surface area contributed by atoms with Crippen LogP contribution in [0.15, 0.2) is 36.4 Å². The quantitative estimate of drug-likeness (QED) is 0.855. The number of rotatable bonds is 3. The molecule has 3 N–H and O–H groups in total. The summed E-state index contributed by atoms with van der Waals surface area (Å²) in [5.41, 5.74) is 7.61. The van der Waals surface area contributed by atoms with E-state index >= 15 is 0 Å². The van der Waals surface area contributed by atoms with E-state index in [-0.39, 0.29) is 16.6 Å².